The molecular formula is C29H22. The molecule has 0 atom stereocenters. The molecule has 0 heteroatoms. The second-order valence-electron chi connectivity index (χ2n) is 8.62. The van der Waals surface area contributed by atoms with Gasteiger partial charge in [0.2, 0.25) is 0 Å². The molecule has 5 aromatic carbocycles. The Morgan fingerprint density at radius 3 is 2.03 bits per heavy atom. The quantitative estimate of drug-likeness (QED) is 0.281. The minimum absolute atomic E-state index is 0.00467. The topological polar surface area (TPSA) is 0 Å². The van der Waals surface area contributed by atoms with Crippen molar-refractivity contribution in [3.05, 3.63) is 108 Å². The van der Waals surface area contributed by atoms with Crippen LogP contribution in [0, 0.1) is 0 Å². The highest BCUT2D eigenvalue weighted by Gasteiger charge is 2.36. The van der Waals surface area contributed by atoms with Gasteiger partial charge in [-0.2, -0.15) is 0 Å². The SMILES string of the molecule is CC1(C)c2cc(-c3cccc4ccccc34)ccc2-c2c1ccc1ccccc21. The summed E-state index contributed by atoms with van der Waals surface area (Å²) in [5.41, 5.74) is 8.25. The molecule has 0 nitrogen and oxygen atoms in total. The van der Waals surface area contributed by atoms with Crippen molar-refractivity contribution >= 4 is 21.5 Å². The maximum Gasteiger partial charge on any atom is 0.0159 e. The Balaban J connectivity index is 1.63. The van der Waals surface area contributed by atoms with E-state index in [4.69, 9.17) is 0 Å². The van der Waals surface area contributed by atoms with Gasteiger partial charge < -0.3 is 0 Å². The van der Waals surface area contributed by atoms with E-state index in [1.807, 2.05) is 0 Å². The van der Waals surface area contributed by atoms with Crippen LogP contribution >= 0.6 is 0 Å². The van der Waals surface area contributed by atoms with Gasteiger partial charge >= 0.3 is 0 Å². The Hall–Kier alpha value is -3.38. The first-order valence-electron chi connectivity index (χ1n) is 10.3. The number of rotatable bonds is 1. The highest BCUT2D eigenvalue weighted by atomic mass is 14.4. The maximum atomic E-state index is 2.42. The number of hydrogen-bond acceptors (Lipinski definition) is 0. The Morgan fingerprint density at radius 1 is 0.517 bits per heavy atom. The fourth-order valence-electron chi connectivity index (χ4n) is 5.15. The molecular weight excluding hydrogens is 348 g/mol. The summed E-state index contributed by atoms with van der Waals surface area (Å²) in [6.45, 7) is 4.72. The van der Waals surface area contributed by atoms with Crippen molar-refractivity contribution in [1.82, 2.24) is 0 Å². The van der Waals surface area contributed by atoms with Crippen LogP contribution in [0.3, 0.4) is 0 Å². The minimum atomic E-state index is -0.00467. The number of benzene rings is 5. The standard InChI is InChI=1S/C29H22/c1-29(2)26-17-15-20-9-4-6-12-24(20)28(26)25-16-14-21(18-27(25)29)23-13-7-10-19-8-3-5-11-22(19)23/h3-18H,1-2H3. The van der Waals surface area contributed by atoms with Crippen LogP contribution in [0.1, 0.15) is 25.0 Å². The normalized spacial score (nSPS) is 14.1. The predicted molar refractivity (Wildman–Crippen MR) is 124 cm³/mol. The lowest BCUT2D eigenvalue weighted by atomic mass is 9.81. The van der Waals surface area contributed by atoms with Crippen LogP contribution in [0.2, 0.25) is 0 Å². The van der Waals surface area contributed by atoms with Crippen LogP contribution < -0.4 is 0 Å². The fraction of sp³-hybridized carbons (Fsp3) is 0.103. The maximum absolute atomic E-state index is 2.42. The van der Waals surface area contributed by atoms with Gasteiger partial charge in [-0.05, 0) is 61.0 Å². The van der Waals surface area contributed by atoms with Crippen LogP contribution in [-0.4, -0.2) is 0 Å². The molecule has 0 amide bonds. The summed E-state index contributed by atoms with van der Waals surface area (Å²) in [6.07, 6.45) is 0. The molecule has 6 rings (SSSR count). The van der Waals surface area contributed by atoms with Crippen molar-refractivity contribution in [1.29, 1.82) is 0 Å². The lowest BCUT2D eigenvalue weighted by molar-refractivity contribution is 0.661. The lowest BCUT2D eigenvalue weighted by Gasteiger charge is -2.22. The first-order valence-corrected chi connectivity index (χ1v) is 10.3. The van der Waals surface area contributed by atoms with Gasteiger partial charge in [-0.25, -0.2) is 0 Å². The zero-order chi connectivity index (χ0) is 19.6. The molecule has 29 heavy (non-hydrogen) atoms. The van der Waals surface area contributed by atoms with Crippen LogP contribution in [0.5, 0.6) is 0 Å². The summed E-state index contributed by atoms with van der Waals surface area (Å²) in [5.74, 6) is 0. The molecule has 0 fully saturated rings. The predicted octanol–water partition coefficient (Wildman–Crippen LogP) is 7.97. The largest absolute Gasteiger partial charge is 0.0616 e. The van der Waals surface area contributed by atoms with E-state index in [-0.39, 0.29) is 5.41 Å². The zero-order valence-electron chi connectivity index (χ0n) is 16.7. The molecule has 0 bridgehead atoms. The highest BCUT2D eigenvalue weighted by molar-refractivity contribution is 6.03. The molecule has 0 aromatic heterocycles. The monoisotopic (exact) mass is 370 g/mol. The third-order valence-corrected chi connectivity index (χ3v) is 6.67. The summed E-state index contributed by atoms with van der Waals surface area (Å²) in [4.78, 5) is 0. The molecule has 0 aliphatic heterocycles. The Morgan fingerprint density at radius 2 is 1.21 bits per heavy atom. The van der Waals surface area contributed by atoms with E-state index in [1.165, 1.54) is 54.9 Å². The van der Waals surface area contributed by atoms with E-state index in [9.17, 15) is 0 Å². The Bertz CT molecular complexity index is 1410. The molecule has 0 radical (unpaired) electrons. The molecule has 1 aliphatic carbocycles. The summed E-state index contributed by atoms with van der Waals surface area (Å²) in [6, 6.07) is 35.7. The van der Waals surface area contributed by atoms with E-state index >= 15 is 0 Å². The zero-order valence-corrected chi connectivity index (χ0v) is 16.7. The molecule has 0 spiro atoms. The molecule has 0 saturated heterocycles. The van der Waals surface area contributed by atoms with Crippen molar-refractivity contribution in [2.24, 2.45) is 0 Å². The average Bonchev–Trinajstić information content (AvgIpc) is 3.00. The summed E-state index contributed by atoms with van der Waals surface area (Å²) in [7, 11) is 0. The third kappa shape index (κ3) is 2.26. The second kappa shape index (κ2) is 5.81. The van der Waals surface area contributed by atoms with Gasteiger partial charge in [-0.1, -0.05) is 105 Å². The van der Waals surface area contributed by atoms with Gasteiger partial charge in [0, 0.05) is 5.41 Å². The molecule has 0 saturated carbocycles. The van der Waals surface area contributed by atoms with Gasteiger partial charge in [-0.3, -0.25) is 0 Å². The van der Waals surface area contributed by atoms with Crippen molar-refractivity contribution in [2.45, 2.75) is 19.3 Å². The van der Waals surface area contributed by atoms with E-state index in [1.54, 1.807) is 0 Å². The summed E-state index contributed by atoms with van der Waals surface area (Å²) < 4.78 is 0. The van der Waals surface area contributed by atoms with E-state index < -0.39 is 0 Å². The van der Waals surface area contributed by atoms with Gasteiger partial charge in [0.15, 0.2) is 0 Å². The van der Waals surface area contributed by atoms with Crippen molar-refractivity contribution in [3.63, 3.8) is 0 Å². The highest BCUT2D eigenvalue weighted by Crippen LogP contribution is 2.52. The molecule has 0 N–H and O–H groups in total. The van der Waals surface area contributed by atoms with E-state index in [2.05, 4.69) is 111 Å². The second-order valence-corrected chi connectivity index (χ2v) is 8.62. The molecule has 5 aromatic rings. The third-order valence-electron chi connectivity index (χ3n) is 6.67. The van der Waals surface area contributed by atoms with E-state index in [0.29, 0.717) is 0 Å². The first kappa shape index (κ1) is 16.6. The molecule has 1 aliphatic rings. The molecule has 0 unspecified atom stereocenters. The number of fused-ring (bicyclic) bond motifs is 6. The first-order chi connectivity index (χ1) is 14.1. The van der Waals surface area contributed by atoms with Crippen LogP contribution in [0.15, 0.2) is 97.1 Å². The van der Waals surface area contributed by atoms with Crippen molar-refractivity contribution < 1.29 is 0 Å². The summed E-state index contributed by atoms with van der Waals surface area (Å²) in [5, 5.41) is 5.27. The molecule has 0 heterocycles. The minimum Gasteiger partial charge on any atom is -0.0616 e. The fourth-order valence-corrected chi connectivity index (χ4v) is 5.15. The van der Waals surface area contributed by atoms with Crippen LogP contribution in [-0.2, 0) is 5.41 Å². The Labute approximate surface area is 171 Å². The summed E-state index contributed by atoms with van der Waals surface area (Å²) >= 11 is 0. The molecule has 138 valence electrons. The van der Waals surface area contributed by atoms with Crippen molar-refractivity contribution in [2.75, 3.05) is 0 Å². The van der Waals surface area contributed by atoms with Gasteiger partial charge in [-0.15, -0.1) is 0 Å². The van der Waals surface area contributed by atoms with Crippen LogP contribution in [0.4, 0.5) is 0 Å². The average molecular weight is 370 g/mol. The van der Waals surface area contributed by atoms with Crippen LogP contribution in [0.25, 0.3) is 43.8 Å². The van der Waals surface area contributed by atoms with Crippen molar-refractivity contribution in [3.8, 4) is 22.3 Å². The van der Waals surface area contributed by atoms with Gasteiger partial charge in [0.1, 0.15) is 0 Å². The Kier molecular flexibility index (Phi) is 3.32. The van der Waals surface area contributed by atoms with E-state index in [0.717, 1.165) is 0 Å². The van der Waals surface area contributed by atoms with Gasteiger partial charge in [0.25, 0.3) is 0 Å². The smallest absolute Gasteiger partial charge is 0.0159 e. The lowest BCUT2D eigenvalue weighted by Crippen LogP contribution is -2.15. The van der Waals surface area contributed by atoms with Gasteiger partial charge in [0.05, 0.1) is 0 Å². The number of hydrogen-bond donors (Lipinski definition) is 0.